The van der Waals surface area contributed by atoms with Gasteiger partial charge in [0.2, 0.25) is 0 Å². The molecule has 518 valence electrons. The Hall–Kier alpha value is -3.01. The van der Waals surface area contributed by atoms with Crippen molar-refractivity contribution in [3.05, 3.63) is 72.9 Å². The Morgan fingerprint density at radius 2 is 0.596 bits per heavy atom. The van der Waals surface area contributed by atoms with Gasteiger partial charge in [0.25, 0.3) is 0 Å². The van der Waals surface area contributed by atoms with Gasteiger partial charge in [-0.1, -0.05) is 267 Å². The van der Waals surface area contributed by atoms with Crippen molar-refractivity contribution < 1.29 is 75.8 Å². The summed E-state index contributed by atoms with van der Waals surface area (Å²) in [6, 6.07) is 0. The third kappa shape index (κ3) is 66.3. The lowest BCUT2D eigenvalue weighted by Gasteiger charge is -2.21. The van der Waals surface area contributed by atoms with Gasteiger partial charge in [-0.05, 0) is 89.9 Å². The third-order valence-electron chi connectivity index (χ3n) is 14.9. The fraction of sp³-hybridized carbons (Fsp3) is 0.789. The average molecular weight is 1300 g/mol. The number of phosphoric acid groups is 2. The zero-order chi connectivity index (χ0) is 65.3. The molecule has 0 aromatic heterocycles. The highest BCUT2D eigenvalue weighted by atomic mass is 31.2. The van der Waals surface area contributed by atoms with Crippen LogP contribution in [-0.2, 0) is 55.8 Å². The summed E-state index contributed by atoms with van der Waals surface area (Å²) >= 11 is 0. The third-order valence-corrected chi connectivity index (χ3v) is 16.8. The minimum Gasteiger partial charge on any atom is -0.463 e. The Morgan fingerprint density at radius 1 is 0.326 bits per heavy atom. The predicted octanol–water partition coefficient (Wildman–Crippen LogP) is 19.5. The van der Waals surface area contributed by atoms with Gasteiger partial charge in [0.1, 0.15) is 25.4 Å². The van der Waals surface area contributed by atoms with Crippen LogP contribution in [0, 0.1) is 0 Å². The molecule has 0 bridgehead atoms. The van der Waals surface area contributed by atoms with E-state index in [9.17, 15) is 43.5 Å². The lowest BCUT2D eigenvalue weighted by atomic mass is 10.0. The van der Waals surface area contributed by atoms with Crippen LogP contribution in [-0.4, -0.2) is 95.9 Å². The Labute approximate surface area is 541 Å². The highest BCUT2D eigenvalue weighted by Crippen LogP contribution is 2.45. The van der Waals surface area contributed by atoms with Crippen molar-refractivity contribution in [1.82, 2.24) is 0 Å². The molecule has 89 heavy (non-hydrogen) atoms. The minimum atomic E-state index is -4.91. The molecule has 0 heterocycles. The lowest BCUT2D eigenvalue weighted by Crippen LogP contribution is -2.30. The molecule has 0 aromatic rings. The summed E-state index contributed by atoms with van der Waals surface area (Å²) in [6.45, 7) is 2.56. The fourth-order valence-corrected chi connectivity index (χ4v) is 11.1. The van der Waals surface area contributed by atoms with Crippen LogP contribution in [0.1, 0.15) is 303 Å². The van der Waals surface area contributed by atoms with E-state index in [0.29, 0.717) is 19.3 Å². The molecule has 0 fully saturated rings. The van der Waals surface area contributed by atoms with E-state index in [1.54, 1.807) is 0 Å². The number of aliphatic hydroxyl groups is 2. The van der Waals surface area contributed by atoms with Crippen LogP contribution in [0.3, 0.4) is 0 Å². The number of esters is 3. The molecule has 5 atom stereocenters. The zero-order valence-electron chi connectivity index (χ0n) is 56.1. The van der Waals surface area contributed by atoms with Crippen molar-refractivity contribution in [3.63, 3.8) is 0 Å². The number of aliphatic hydroxyl groups excluding tert-OH is 2. The molecule has 0 saturated carbocycles. The minimum absolute atomic E-state index is 0.108. The molecule has 4 N–H and O–H groups in total. The molecular formula is C71H128O16P2. The Bertz CT molecular complexity index is 1920. The highest BCUT2D eigenvalue weighted by molar-refractivity contribution is 7.47. The summed E-state index contributed by atoms with van der Waals surface area (Å²) in [5.41, 5.74) is 0. The number of ether oxygens (including phenoxy) is 3. The maximum Gasteiger partial charge on any atom is 0.472 e. The Balaban J connectivity index is 4.44. The zero-order valence-corrected chi connectivity index (χ0v) is 57.9. The standard InChI is InChI=1S/C71H128O16P2/c1-4-7-10-13-16-19-22-24-26-27-28-29-30-31-32-33-34-35-36-37-39-41-43-45-48-51-54-57-69(74)81-60-66(72)61-83-88(77,78)84-62-67(73)63-85-89(79,80)86-65-68(87-71(76)59-56-53-50-47-42-21-18-15-12-9-6-3)64-82-70(75)58-55-52-49-46-44-40-38-25-23-20-17-14-11-8-5-2/h7,10,16,19,24-26,28-29,31-32,38,66-68,72-73H,4-6,8-9,11-15,17-18,20-23,27,30,33-37,39-65H2,1-3H3,(H,77,78)(H,79,80)/b10-7-,19-16-,26-24-,29-28-,32-31-,38-25-. The van der Waals surface area contributed by atoms with Gasteiger partial charge >= 0.3 is 33.6 Å². The maximum absolute atomic E-state index is 12.9. The normalized spacial score (nSPS) is 14.6. The van der Waals surface area contributed by atoms with Gasteiger partial charge in [-0.25, -0.2) is 9.13 Å². The molecule has 0 spiro atoms. The summed E-state index contributed by atoms with van der Waals surface area (Å²) in [4.78, 5) is 58.3. The first kappa shape index (κ1) is 86.0. The largest absolute Gasteiger partial charge is 0.472 e. The molecular weight excluding hydrogens is 1170 g/mol. The number of hydrogen-bond acceptors (Lipinski definition) is 14. The van der Waals surface area contributed by atoms with Gasteiger partial charge in [0.15, 0.2) is 6.10 Å². The molecule has 0 aromatic carbocycles. The molecule has 0 aliphatic rings. The van der Waals surface area contributed by atoms with Gasteiger partial charge in [-0.2, -0.15) is 0 Å². The van der Waals surface area contributed by atoms with E-state index < -0.39 is 91.5 Å². The number of allylic oxidation sites excluding steroid dienone is 12. The number of phosphoric ester groups is 2. The molecule has 0 saturated heterocycles. The van der Waals surface area contributed by atoms with Crippen LogP contribution in [0.5, 0.6) is 0 Å². The molecule has 0 rings (SSSR count). The van der Waals surface area contributed by atoms with E-state index >= 15 is 0 Å². The van der Waals surface area contributed by atoms with Crippen LogP contribution in [0.4, 0.5) is 0 Å². The van der Waals surface area contributed by atoms with Gasteiger partial charge in [-0.15, -0.1) is 0 Å². The summed E-state index contributed by atoms with van der Waals surface area (Å²) in [6.07, 6.45) is 68.2. The van der Waals surface area contributed by atoms with E-state index in [-0.39, 0.29) is 19.3 Å². The van der Waals surface area contributed by atoms with Crippen LogP contribution in [0.25, 0.3) is 0 Å². The van der Waals surface area contributed by atoms with E-state index in [0.717, 1.165) is 122 Å². The van der Waals surface area contributed by atoms with E-state index in [4.69, 9.17) is 32.3 Å². The highest BCUT2D eigenvalue weighted by Gasteiger charge is 2.29. The summed E-state index contributed by atoms with van der Waals surface area (Å²) in [7, 11) is -9.76. The van der Waals surface area contributed by atoms with Crippen molar-refractivity contribution in [1.29, 1.82) is 0 Å². The first-order valence-electron chi connectivity index (χ1n) is 35.2. The summed E-state index contributed by atoms with van der Waals surface area (Å²) in [5, 5.41) is 20.5. The summed E-state index contributed by atoms with van der Waals surface area (Å²) in [5.74, 6) is -1.57. The number of rotatable bonds is 67. The van der Waals surface area contributed by atoms with Crippen LogP contribution < -0.4 is 0 Å². The number of hydrogen-bond donors (Lipinski definition) is 4. The second-order valence-electron chi connectivity index (χ2n) is 23.7. The van der Waals surface area contributed by atoms with E-state index in [2.05, 4.69) is 93.7 Å². The molecule has 16 nitrogen and oxygen atoms in total. The Kier molecular flexibility index (Phi) is 62.9. The number of unbranched alkanes of at least 4 members (excludes halogenated alkanes) is 32. The van der Waals surface area contributed by atoms with Crippen LogP contribution in [0.15, 0.2) is 72.9 Å². The van der Waals surface area contributed by atoms with Gasteiger partial charge in [0.05, 0.1) is 26.4 Å². The summed E-state index contributed by atoms with van der Waals surface area (Å²) < 4.78 is 60.8. The van der Waals surface area contributed by atoms with Crippen molar-refractivity contribution in [2.24, 2.45) is 0 Å². The molecule has 0 aliphatic carbocycles. The maximum atomic E-state index is 12.9. The van der Waals surface area contributed by atoms with Gasteiger partial charge < -0.3 is 34.2 Å². The van der Waals surface area contributed by atoms with Crippen LogP contribution in [0.2, 0.25) is 0 Å². The fourth-order valence-electron chi connectivity index (χ4n) is 9.53. The second-order valence-corrected chi connectivity index (χ2v) is 26.6. The number of carbonyl (C=O) groups excluding carboxylic acids is 3. The van der Waals surface area contributed by atoms with Crippen molar-refractivity contribution >= 4 is 33.6 Å². The molecule has 0 amide bonds. The smallest absolute Gasteiger partial charge is 0.463 e. The second kappa shape index (κ2) is 65.1. The van der Waals surface area contributed by atoms with Crippen molar-refractivity contribution in [2.45, 2.75) is 322 Å². The average Bonchev–Trinajstić information content (AvgIpc) is 3.56. The molecule has 5 unspecified atom stereocenters. The SMILES string of the molecule is CC/C=C\C/C=C\C/C=C\C/C=C\C/C=C\CCCCCCCCCCCCCC(=O)OCC(O)COP(=O)(O)OCC(O)COP(=O)(O)OCC(COC(=O)CCCCCCC/C=C\CCCCCCCC)OC(=O)CCCCCCCCCCCCC. The quantitative estimate of drug-likeness (QED) is 0.0146. The monoisotopic (exact) mass is 1300 g/mol. The number of carbonyl (C=O) groups is 3. The first-order chi connectivity index (χ1) is 43.2. The predicted molar refractivity (Wildman–Crippen MR) is 362 cm³/mol. The molecule has 18 heteroatoms. The molecule has 0 aliphatic heterocycles. The topological polar surface area (TPSA) is 231 Å². The van der Waals surface area contributed by atoms with Crippen LogP contribution >= 0.6 is 15.6 Å². The van der Waals surface area contributed by atoms with Crippen molar-refractivity contribution in [2.75, 3.05) is 39.6 Å². The molecule has 0 radical (unpaired) electrons. The van der Waals surface area contributed by atoms with Gasteiger partial charge in [-0.3, -0.25) is 32.5 Å². The lowest BCUT2D eigenvalue weighted by molar-refractivity contribution is -0.161. The first-order valence-corrected chi connectivity index (χ1v) is 38.2. The van der Waals surface area contributed by atoms with Gasteiger partial charge in [0, 0.05) is 19.3 Å². The van der Waals surface area contributed by atoms with Crippen molar-refractivity contribution in [3.8, 4) is 0 Å². The Morgan fingerprint density at radius 3 is 0.955 bits per heavy atom. The van der Waals surface area contributed by atoms with E-state index in [1.165, 1.54) is 122 Å². The van der Waals surface area contributed by atoms with E-state index in [1.807, 2.05) is 0 Å².